The topological polar surface area (TPSA) is 39.1 Å². The van der Waals surface area contributed by atoms with Gasteiger partial charge in [0.25, 0.3) is 0 Å². The van der Waals surface area contributed by atoms with E-state index < -0.39 is 0 Å². The third-order valence-corrected chi connectivity index (χ3v) is 5.18. The molecule has 0 amide bonds. The van der Waals surface area contributed by atoms with Crippen molar-refractivity contribution in [1.29, 1.82) is 0 Å². The number of thiophene rings is 1. The fourth-order valence-electron chi connectivity index (χ4n) is 2.35. The first-order valence-corrected chi connectivity index (χ1v) is 8.74. The van der Waals surface area contributed by atoms with Gasteiger partial charge in [-0.1, -0.05) is 0 Å². The number of aromatic nitrogens is 2. The number of ether oxygens (including phenoxy) is 1. The molecule has 116 valence electrons. The van der Waals surface area contributed by atoms with Crippen molar-refractivity contribution >= 4 is 27.3 Å². The van der Waals surface area contributed by atoms with Crippen molar-refractivity contribution in [2.75, 3.05) is 26.8 Å². The van der Waals surface area contributed by atoms with Crippen molar-refractivity contribution in [2.45, 2.75) is 26.8 Å². The summed E-state index contributed by atoms with van der Waals surface area (Å²) in [5, 5.41) is 10.2. The van der Waals surface area contributed by atoms with E-state index in [1.165, 1.54) is 16.1 Å². The lowest BCUT2D eigenvalue weighted by Crippen LogP contribution is -2.22. The molecule has 0 fully saturated rings. The predicted octanol–water partition coefficient (Wildman–Crippen LogP) is 3.15. The van der Waals surface area contributed by atoms with Gasteiger partial charge in [-0.05, 0) is 54.4 Å². The highest BCUT2D eigenvalue weighted by molar-refractivity contribution is 9.10. The van der Waals surface area contributed by atoms with Crippen molar-refractivity contribution in [1.82, 2.24) is 15.1 Å². The van der Waals surface area contributed by atoms with Crippen LogP contribution in [0.15, 0.2) is 15.9 Å². The van der Waals surface area contributed by atoms with Crippen LogP contribution in [0.3, 0.4) is 0 Å². The molecular formula is C15H22BrN3OS. The Labute approximate surface area is 138 Å². The average Bonchev–Trinajstić information content (AvgIpc) is 2.96. The molecule has 2 heterocycles. The van der Waals surface area contributed by atoms with E-state index in [9.17, 15) is 0 Å². The molecule has 6 heteroatoms. The van der Waals surface area contributed by atoms with Crippen LogP contribution in [0.2, 0.25) is 0 Å². The summed E-state index contributed by atoms with van der Waals surface area (Å²) in [6.07, 6.45) is 1.01. The zero-order valence-electron chi connectivity index (χ0n) is 12.8. The third-order valence-electron chi connectivity index (χ3n) is 3.49. The number of nitrogens with zero attached hydrogens (tertiary/aromatic N) is 2. The number of hydrogen-bond acceptors (Lipinski definition) is 4. The average molecular weight is 372 g/mol. The minimum Gasteiger partial charge on any atom is -0.383 e. The van der Waals surface area contributed by atoms with Gasteiger partial charge in [0.2, 0.25) is 0 Å². The Hall–Kier alpha value is -0.690. The van der Waals surface area contributed by atoms with Crippen molar-refractivity contribution < 1.29 is 4.74 Å². The lowest BCUT2D eigenvalue weighted by Gasteiger charge is -2.06. The largest absolute Gasteiger partial charge is 0.383 e. The highest BCUT2D eigenvalue weighted by Crippen LogP contribution is 2.22. The first kappa shape index (κ1) is 16.7. The monoisotopic (exact) mass is 371 g/mol. The number of aryl methyl sites for hydroxylation is 1. The lowest BCUT2D eigenvalue weighted by molar-refractivity contribution is 0.199. The van der Waals surface area contributed by atoms with Crippen LogP contribution in [0.4, 0.5) is 0 Å². The van der Waals surface area contributed by atoms with E-state index in [1.807, 2.05) is 0 Å². The van der Waals surface area contributed by atoms with Gasteiger partial charge in [-0.2, -0.15) is 5.10 Å². The highest BCUT2D eigenvalue weighted by Gasteiger charge is 2.12. The maximum absolute atomic E-state index is 5.03. The van der Waals surface area contributed by atoms with E-state index >= 15 is 0 Å². The van der Waals surface area contributed by atoms with Gasteiger partial charge in [0.15, 0.2) is 0 Å². The fraction of sp³-hybridized carbons (Fsp3) is 0.533. The number of halogens is 1. The molecule has 0 aliphatic carbocycles. The second-order valence-electron chi connectivity index (χ2n) is 5.03. The van der Waals surface area contributed by atoms with Crippen LogP contribution in [0, 0.1) is 13.8 Å². The van der Waals surface area contributed by atoms with Crippen LogP contribution in [0.25, 0.3) is 0 Å². The van der Waals surface area contributed by atoms with Gasteiger partial charge < -0.3 is 10.1 Å². The normalized spacial score (nSPS) is 11.2. The van der Waals surface area contributed by atoms with Gasteiger partial charge in [0.05, 0.1) is 18.8 Å². The van der Waals surface area contributed by atoms with Crippen LogP contribution in [0.1, 0.15) is 21.8 Å². The molecule has 0 aromatic carbocycles. The molecule has 2 aromatic heterocycles. The Morgan fingerprint density at radius 3 is 2.86 bits per heavy atom. The molecule has 0 unspecified atom stereocenters. The Kier molecular flexibility index (Phi) is 6.41. The van der Waals surface area contributed by atoms with Gasteiger partial charge >= 0.3 is 0 Å². The molecule has 0 saturated carbocycles. The molecule has 0 radical (unpaired) electrons. The summed E-state index contributed by atoms with van der Waals surface area (Å²) in [5.41, 5.74) is 3.76. The zero-order chi connectivity index (χ0) is 15.2. The molecular weight excluding hydrogens is 350 g/mol. The molecule has 2 rings (SSSR count). The molecule has 0 saturated heterocycles. The lowest BCUT2D eigenvalue weighted by atomic mass is 10.1. The molecule has 4 nitrogen and oxygen atoms in total. The van der Waals surface area contributed by atoms with E-state index in [4.69, 9.17) is 4.74 Å². The fourth-order valence-corrected chi connectivity index (χ4v) is 3.78. The molecule has 0 atom stereocenters. The van der Waals surface area contributed by atoms with Gasteiger partial charge in [0.1, 0.15) is 0 Å². The van der Waals surface area contributed by atoms with E-state index in [2.05, 4.69) is 56.3 Å². The molecule has 0 bridgehead atoms. The van der Waals surface area contributed by atoms with Crippen molar-refractivity contribution in [2.24, 2.45) is 0 Å². The molecule has 2 aromatic rings. The SMILES string of the molecule is COCCNCCc1c(C)nn(Cc2cc(Br)cs2)c1C. The summed E-state index contributed by atoms with van der Waals surface area (Å²) in [6, 6.07) is 2.16. The highest BCUT2D eigenvalue weighted by atomic mass is 79.9. The summed E-state index contributed by atoms with van der Waals surface area (Å²) in [4.78, 5) is 1.32. The van der Waals surface area contributed by atoms with Crippen LogP contribution in [-0.2, 0) is 17.7 Å². The van der Waals surface area contributed by atoms with E-state index in [0.717, 1.165) is 42.8 Å². The first-order chi connectivity index (χ1) is 10.1. The quantitative estimate of drug-likeness (QED) is 0.724. The smallest absolute Gasteiger partial charge is 0.0755 e. The Morgan fingerprint density at radius 2 is 2.19 bits per heavy atom. The summed E-state index contributed by atoms with van der Waals surface area (Å²) in [6.45, 7) is 7.71. The van der Waals surface area contributed by atoms with Crippen molar-refractivity contribution in [3.8, 4) is 0 Å². The van der Waals surface area contributed by atoms with E-state index in [0.29, 0.717) is 0 Å². The van der Waals surface area contributed by atoms with Crippen LogP contribution >= 0.6 is 27.3 Å². The van der Waals surface area contributed by atoms with Gasteiger partial charge in [-0.15, -0.1) is 11.3 Å². The first-order valence-electron chi connectivity index (χ1n) is 7.07. The number of nitrogens with one attached hydrogen (secondary N) is 1. The zero-order valence-corrected chi connectivity index (χ0v) is 15.2. The van der Waals surface area contributed by atoms with Gasteiger partial charge in [-0.3, -0.25) is 4.68 Å². The number of methoxy groups -OCH3 is 1. The Bertz CT molecular complexity index is 579. The van der Waals surface area contributed by atoms with Gasteiger partial charge in [0, 0.05) is 34.1 Å². The van der Waals surface area contributed by atoms with Crippen LogP contribution in [0.5, 0.6) is 0 Å². The predicted molar refractivity (Wildman–Crippen MR) is 91.3 cm³/mol. The second-order valence-corrected chi connectivity index (χ2v) is 6.94. The minimum absolute atomic E-state index is 0.754. The molecule has 21 heavy (non-hydrogen) atoms. The molecule has 1 N–H and O–H groups in total. The summed E-state index contributed by atoms with van der Waals surface area (Å²) in [5.74, 6) is 0. The molecule has 0 aliphatic heterocycles. The van der Waals surface area contributed by atoms with Crippen molar-refractivity contribution in [3.63, 3.8) is 0 Å². The van der Waals surface area contributed by atoms with Crippen LogP contribution in [-0.4, -0.2) is 36.6 Å². The van der Waals surface area contributed by atoms with Gasteiger partial charge in [-0.25, -0.2) is 0 Å². The van der Waals surface area contributed by atoms with Crippen LogP contribution < -0.4 is 5.32 Å². The number of rotatable bonds is 8. The third kappa shape index (κ3) is 4.64. The maximum atomic E-state index is 5.03. The second kappa shape index (κ2) is 8.08. The standard InChI is InChI=1S/C15H22BrN3OS/c1-11-15(4-5-17-6-7-20-3)12(2)19(18-11)9-14-8-13(16)10-21-14/h8,10,17H,4-7,9H2,1-3H3. The van der Waals surface area contributed by atoms with E-state index in [1.54, 1.807) is 18.4 Å². The minimum atomic E-state index is 0.754. The maximum Gasteiger partial charge on any atom is 0.0755 e. The summed E-state index contributed by atoms with van der Waals surface area (Å²) in [7, 11) is 1.73. The number of hydrogen-bond donors (Lipinski definition) is 1. The molecule has 0 aliphatic rings. The summed E-state index contributed by atoms with van der Waals surface area (Å²) >= 11 is 5.26. The Balaban J connectivity index is 1.96. The summed E-state index contributed by atoms with van der Waals surface area (Å²) < 4.78 is 8.29. The Morgan fingerprint density at radius 1 is 1.38 bits per heavy atom. The van der Waals surface area contributed by atoms with E-state index in [-0.39, 0.29) is 0 Å². The molecule has 0 spiro atoms. The van der Waals surface area contributed by atoms with Crippen molar-refractivity contribution in [3.05, 3.63) is 37.7 Å².